The first kappa shape index (κ1) is 19.0. The standard InChI is InChI=1S/C19H22F3N3/c1-13(2)7-4-5-9-15-12-23-18(25-17(15)19(20,21)22)24-16-10-6-8-14(3)11-16/h4-6,8,10-13H,7,9H2,1-3H3,(H,23,24,25)/b5-4+. The number of allylic oxidation sites excluding steroid dienone is 2. The van der Waals surface area contributed by atoms with Crippen molar-refractivity contribution in [2.75, 3.05) is 5.32 Å². The summed E-state index contributed by atoms with van der Waals surface area (Å²) in [6.07, 6.45) is 1.34. The molecule has 0 saturated carbocycles. The van der Waals surface area contributed by atoms with Gasteiger partial charge in [0.25, 0.3) is 0 Å². The lowest BCUT2D eigenvalue weighted by atomic mass is 10.1. The van der Waals surface area contributed by atoms with Crippen LogP contribution >= 0.6 is 0 Å². The Hall–Kier alpha value is -2.37. The van der Waals surface area contributed by atoms with Crippen molar-refractivity contribution >= 4 is 11.6 Å². The van der Waals surface area contributed by atoms with Gasteiger partial charge in [-0.25, -0.2) is 9.97 Å². The van der Waals surface area contributed by atoms with Gasteiger partial charge in [0.05, 0.1) is 0 Å². The largest absolute Gasteiger partial charge is 0.433 e. The van der Waals surface area contributed by atoms with Crippen molar-refractivity contribution < 1.29 is 13.2 Å². The number of alkyl halides is 3. The van der Waals surface area contributed by atoms with Crippen molar-refractivity contribution in [3.63, 3.8) is 0 Å². The van der Waals surface area contributed by atoms with Crippen LogP contribution in [0.25, 0.3) is 0 Å². The zero-order valence-electron chi connectivity index (χ0n) is 14.6. The molecule has 0 spiro atoms. The Kier molecular flexibility index (Phi) is 6.17. The highest BCUT2D eigenvalue weighted by atomic mass is 19.4. The minimum absolute atomic E-state index is 0.0622. The summed E-state index contributed by atoms with van der Waals surface area (Å²) in [5.74, 6) is 0.406. The van der Waals surface area contributed by atoms with E-state index in [0.29, 0.717) is 11.6 Å². The van der Waals surface area contributed by atoms with Crippen LogP contribution in [0.15, 0.2) is 42.6 Å². The number of anilines is 2. The van der Waals surface area contributed by atoms with Crippen LogP contribution in [-0.4, -0.2) is 9.97 Å². The molecule has 6 heteroatoms. The molecule has 0 radical (unpaired) electrons. The van der Waals surface area contributed by atoms with Gasteiger partial charge in [0.2, 0.25) is 5.95 Å². The van der Waals surface area contributed by atoms with Gasteiger partial charge < -0.3 is 5.32 Å². The molecule has 0 bridgehead atoms. The van der Waals surface area contributed by atoms with Crippen LogP contribution in [0.3, 0.4) is 0 Å². The highest BCUT2D eigenvalue weighted by molar-refractivity contribution is 5.54. The van der Waals surface area contributed by atoms with E-state index in [9.17, 15) is 13.2 Å². The molecule has 1 aromatic heterocycles. The summed E-state index contributed by atoms with van der Waals surface area (Å²) in [5, 5.41) is 2.83. The molecule has 3 nitrogen and oxygen atoms in total. The molecular weight excluding hydrogens is 327 g/mol. The predicted octanol–water partition coefficient (Wildman–Crippen LogP) is 5.69. The Morgan fingerprint density at radius 1 is 1.20 bits per heavy atom. The number of aryl methyl sites for hydroxylation is 1. The zero-order chi connectivity index (χ0) is 18.4. The van der Waals surface area contributed by atoms with Crippen LogP contribution in [0.1, 0.15) is 37.1 Å². The minimum Gasteiger partial charge on any atom is -0.324 e. The highest BCUT2D eigenvalue weighted by Gasteiger charge is 2.35. The van der Waals surface area contributed by atoms with Gasteiger partial charge in [-0.05, 0) is 43.4 Å². The number of aromatic nitrogens is 2. The second-order valence-electron chi connectivity index (χ2n) is 6.36. The highest BCUT2D eigenvalue weighted by Crippen LogP contribution is 2.31. The van der Waals surface area contributed by atoms with E-state index in [-0.39, 0.29) is 17.9 Å². The van der Waals surface area contributed by atoms with E-state index in [0.717, 1.165) is 12.0 Å². The van der Waals surface area contributed by atoms with E-state index in [4.69, 9.17) is 0 Å². The summed E-state index contributed by atoms with van der Waals surface area (Å²) in [6.45, 7) is 6.01. The summed E-state index contributed by atoms with van der Waals surface area (Å²) < 4.78 is 40.0. The molecule has 0 atom stereocenters. The van der Waals surface area contributed by atoms with Crippen LogP contribution in [0, 0.1) is 12.8 Å². The zero-order valence-corrected chi connectivity index (χ0v) is 14.6. The average Bonchev–Trinajstić information content (AvgIpc) is 2.51. The Bertz CT molecular complexity index is 737. The van der Waals surface area contributed by atoms with Gasteiger partial charge in [0, 0.05) is 17.4 Å². The fraction of sp³-hybridized carbons (Fsp3) is 0.368. The molecular formula is C19H22F3N3. The third-order valence-electron chi connectivity index (χ3n) is 3.52. The van der Waals surface area contributed by atoms with Gasteiger partial charge in [-0.3, -0.25) is 0 Å². The molecule has 0 aliphatic carbocycles. The van der Waals surface area contributed by atoms with Crippen molar-refractivity contribution in [1.29, 1.82) is 0 Å². The molecule has 0 aliphatic rings. The summed E-state index contributed by atoms with van der Waals surface area (Å²) in [4.78, 5) is 7.74. The molecule has 2 rings (SSSR count). The van der Waals surface area contributed by atoms with Gasteiger partial charge in [-0.2, -0.15) is 13.2 Å². The lowest BCUT2D eigenvalue weighted by molar-refractivity contribution is -0.141. The van der Waals surface area contributed by atoms with Gasteiger partial charge in [-0.15, -0.1) is 0 Å². The van der Waals surface area contributed by atoms with E-state index in [1.54, 1.807) is 12.1 Å². The molecule has 0 unspecified atom stereocenters. The summed E-state index contributed by atoms with van der Waals surface area (Å²) in [5.41, 5.74) is 0.819. The van der Waals surface area contributed by atoms with Gasteiger partial charge >= 0.3 is 6.18 Å². The second kappa shape index (κ2) is 8.14. The molecule has 0 amide bonds. The summed E-state index contributed by atoms with van der Waals surface area (Å²) >= 11 is 0. The molecule has 1 heterocycles. The predicted molar refractivity (Wildman–Crippen MR) is 93.8 cm³/mol. The SMILES string of the molecule is Cc1cccc(Nc2ncc(C/C=C/CC(C)C)c(C(F)(F)F)n2)c1. The van der Waals surface area contributed by atoms with E-state index < -0.39 is 11.9 Å². The van der Waals surface area contributed by atoms with Gasteiger partial charge in [0.15, 0.2) is 5.69 Å². The number of nitrogens with one attached hydrogen (secondary N) is 1. The number of benzene rings is 1. The first-order chi connectivity index (χ1) is 11.8. The molecule has 1 N–H and O–H groups in total. The Labute approximate surface area is 146 Å². The van der Waals surface area contributed by atoms with Crippen molar-refractivity contribution in [3.8, 4) is 0 Å². The number of rotatable bonds is 6. The first-order valence-corrected chi connectivity index (χ1v) is 8.17. The van der Waals surface area contributed by atoms with Crippen LogP contribution in [0.5, 0.6) is 0 Å². The van der Waals surface area contributed by atoms with E-state index in [1.165, 1.54) is 6.20 Å². The fourth-order valence-corrected chi connectivity index (χ4v) is 2.29. The average molecular weight is 349 g/mol. The molecule has 2 aromatic rings. The monoisotopic (exact) mass is 349 g/mol. The summed E-state index contributed by atoms with van der Waals surface area (Å²) in [7, 11) is 0. The van der Waals surface area contributed by atoms with Crippen LogP contribution in [-0.2, 0) is 12.6 Å². The molecule has 134 valence electrons. The van der Waals surface area contributed by atoms with Crippen molar-refractivity contribution in [2.24, 2.45) is 5.92 Å². The van der Waals surface area contributed by atoms with E-state index in [2.05, 4.69) is 29.1 Å². The Balaban J connectivity index is 2.23. The maximum Gasteiger partial charge on any atom is 0.433 e. The van der Waals surface area contributed by atoms with Crippen molar-refractivity contribution in [3.05, 3.63) is 59.4 Å². The third-order valence-corrected chi connectivity index (χ3v) is 3.52. The second-order valence-corrected chi connectivity index (χ2v) is 6.36. The van der Waals surface area contributed by atoms with Gasteiger partial charge in [0.1, 0.15) is 0 Å². The normalized spacial score (nSPS) is 12.1. The van der Waals surface area contributed by atoms with Gasteiger partial charge in [-0.1, -0.05) is 38.1 Å². The smallest absolute Gasteiger partial charge is 0.324 e. The van der Waals surface area contributed by atoms with Crippen LogP contribution in [0.4, 0.5) is 24.8 Å². The number of hydrogen-bond acceptors (Lipinski definition) is 3. The first-order valence-electron chi connectivity index (χ1n) is 8.17. The topological polar surface area (TPSA) is 37.8 Å². The lowest BCUT2D eigenvalue weighted by Gasteiger charge is -2.13. The van der Waals surface area contributed by atoms with Crippen LogP contribution < -0.4 is 5.32 Å². The number of halogens is 3. The maximum atomic E-state index is 13.3. The molecule has 0 fully saturated rings. The third kappa shape index (κ3) is 5.89. The van der Waals surface area contributed by atoms with Crippen LogP contribution in [0.2, 0.25) is 0 Å². The van der Waals surface area contributed by atoms with Crippen molar-refractivity contribution in [1.82, 2.24) is 9.97 Å². The fourth-order valence-electron chi connectivity index (χ4n) is 2.29. The maximum absolute atomic E-state index is 13.3. The Morgan fingerprint density at radius 3 is 2.60 bits per heavy atom. The minimum atomic E-state index is -4.52. The molecule has 1 aromatic carbocycles. The lowest BCUT2D eigenvalue weighted by Crippen LogP contribution is -2.14. The molecule has 0 saturated heterocycles. The molecule has 25 heavy (non-hydrogen) atoms. The molecule has 0 aliphatic heterocycles. The van der Waals surface area contributed by atoms with E-state index in [1.807, 2.05) is 31.2 Å². The number of nitrogens with zero attached hydrogens (tertiary/aromatic N) is 2. The van der Waals surface area contributed by atoms with Crippen molar-refractivity contribution in [2.45, 2.75) is 39.8 Å². The van der Waals surface area contributed by atoms with E-state index >= 15 is 0 Å². The summed E-state index contributed by atoms with van der Waals surface area (Å²) in [6, 6.07) is 7.29. The Morgan fingerprint density at radius 2 is 1.96 bits per heavy atom. The quantitative estimate of drug-likeness (QED) is 0.681. The number of hydrogen-bond donors (Lipinski definition) is 1.